The molecule has 0 amide bonds. The fraction of sp³-hybridized carbons (Fsp3) is 0.292. The molecule has 9 heteroatoms. The van der Waals surface area contributed by atoms with Crippen LogP contribution in [-0.2, 0) is 4.74 Å². The highest BCUT2D eigenvalue weighted by molar-refractivity contribution is 6.09. The van der Waals surface area contributed by atoms with Crippen molar-refractivity contribution in [2.24, 2.45) is 0 Å². The molecule has 4 aromatic rings. The second-order valence-corrected chi connectivity index (χ2v) is 7.90. The zero-order valence-corrected chi connectivity index (χ0v) is 17.5. The van der Waals surface area contributed by atoms with E-state index in [2.05, 4.69) is 0 Å². The van der Waals surface area contributed by atoms with Crippen molar-refractivity contribution in [1.82, 2.24) is 0 Å². The molecule has 0 aliphatic carbocycles. The molecule has 0 saturated carbocycles. The monoisotopic (exact) mass is 454 g/mol. The van der Waals surface area contributed by atoms with E-state index < -0.39 is 37.3 Å². The van der Waals surface area contributed by atoms with Crippen LogP contribution in [0.1, 0.15) is 0 Å². The Balaban J connectivity index is 1.64. The van der Waals surface area contributed by atoms with Gasteiger partial charge >= 0.3 is 0 Å². The number of hydrogen-bond donors (Lipinski definition) is 4. The fourth-order valence-electron chi connectivity index (χ4n) is 4.15. The lowest BCUT2D eigenvalue weighted by Crippen LogP contribution is -2.60. The van der Waals surface area contributed by atoms with Crippen molar-refractivity contribution < 1.29 is 39.1 Å². The SMILES string of the molecule is COc1ccc2ccc3oc4c(OC5OC(CO)C(O)C(O)C5O)cccc4c(=O)c3c2c1. The quantitative estimate of drug-likeness (QED) is 0.265. The van der Waals surface area contributed by atoms with Gasteiger partial charge < -0.3 is 39.1 Å². The van der Waals surface area contributed by atoms with Gasteiger partial charge in [-0.25, -0.2) is 0 Å². The number of rotatable bonds is 4. The summed E-state index contributed by atoms with van der Waals surface area (Å²) in [4.78, 5) is 13.5. The van der Waals surface area contributed by atoms with Gasteiger partial charge in [-0.15, -0.1) is 0 Å². The molecule has 3 aromatic carbocycles. The molecule has 0 spiro atoms. The molecule has 2 heterocycles. The maximum atomic E-state index is 13.5. The Morgan fingerprint density at radius 1 is 0.970 bits per heavy atom. The minimum Gasteiger partial charge on any atom is -0.497 e. The van der Waals surface area contributed by atoms with Crippen molar-refractivity contribution >= 4 is 32.7 Å². The Morgan fingerprint density at radius 2 is 1.76 bits per heavy atom. The zero-order valence-electron chi connectivity index (χ0n) is 17.5. The van der Waals surface area contributed by atoms with E-state index in [1.165, 1.54) is 6.07 Å². The molecule has 1 aromatic heterocycles. The van der Waals surface area contributed by atoms with Crippen molar-refractivity contribution in [3.05, 3.63) is 58.8 Å². The van der Waals surface area contributed by atoms with Crippen LogP contribution in [0.15, 0.2) is 57.7 Å². The molecule has 33 heavy (non-hydrogen) atoms. The Hall–Kier alpha value is -3.21. The lowest BCUT2D eigenvalue weighted by molar-refractivity contribution is -0.277. The van der Waals surface area contributed by atoms with E-state index in [-0.39, 0.29) is 22.1 Å². The van der Waals surface area contributed by atoms with Gasteiger partial charge in [0.1, 0.15) is 35.7 Å². The molecule has 1 aliphatic rings. The maximum Gasteiger partial charge on any atom is 0.229 e. The first kappa shape index (κ1) is 21.6. The number of aliphatic hydroxyl groups excluding tert-OH is 4. The van der Waals surface area contributed by atoms with Crippen LogP contribution in [0.3, 0.4) is 0 Å². The highest BCUT2D eigenvalue weighted by atomic mass is 16.7. The molecule has 1 aliphatic heterocycles. The molecule has 1 fully saturated rings. The van der Waals surface area contributed by atoms with Crippen molar-refractivity contribution in [2.75, 3.05) is 13.7 Å². The molecule has 172 valence electrons. The highest BCUT2D eigenvalue weighted by Gasteiger charge is 2.45. The molecular formula is C24H22O9. The summed E-state index contributed by atoms with van der Waals surface area (Å²) in [5.41, 5.74) is 0.191. The molecule has 5 unspecified atom stereocenters. The van der Waals surface area contributed by atoms with Gasteiger partial charge in [0.05, 0.1) is 24.5 Å². The van der Waals surface area contributed by atoms with E-state index in [1.807, 2.05) is 18.2 Å². The van der Waals surface area contributed by atoms with Gasteiger partial charge in [-0.2, -0.15) is 0 Å². The number of methoxy groups -OCH3 is 1. The van der Waals surface area contributed by atoms with E-state index in [0.717, 1.165) is 5.39 Å². The summed E-state index contributed by atoms with van der Waals surface area (Å²) in [6.45, 7) is -0.587. The molecule has 5 rings (SSSR count). The predicted octanol–water partition coefficient (Wildman–Crippen LogP) is 1.29. The zero-order chi connectivity index (χ0) is 23.3. The number of ether oxygens (including phenoxy) is 3. The number of fused-ring (bicyclic) bond motifs is 4. The minimum atomic E-state index is -1.60. The number of benzene rings is 3. The summed E-state index contributed by atoms with van der Waals surface area (Å²) in [6.07, 6.45) is -7.23. The molecule has 1 saturated heterocycles. The average molecular weight is 454 g/mol. The topological polar surface area (TPSA) is 139 Å². The highest BCUT2D eigenvalue weighted by Crippen LogP contribution is 2.33. The molecular weight excluding hydrogens is 432 g/mol. The molecule has 9 nitrogen and oxygen atoms in total. The van der Waals surface area contributed by atoms with Gasteiger partial charge in [0.25, 0.3) is 0 Å². The summed E-state index contributed by atoms with van der Waals surface area (Å²) < 4.78 is 22.5. The maximum absolute atomic E-state index is 13.5. The minimum absolute atomic E-state index is 0.0987. The number of para-hydroxylation sites is 1. The van der Waals surface area contributed by atoms with E-state index in [0.29, 0.717) is 22.1 Å². The van der Waals surface area contributed by atoms with Crippen molar-refractivity contribution in [1.29, 1.82) is 0 Å². The van der Waals surface area contributed by atoms with Gasteiger partial charge in [-0.05, 0) is 35.7 Å². The fourth-order valence-corrected chi connectivity index (χ4v) is 4.15. The average Bonchev–Trinajstić information content (AvgIpc) is 2.84. The lowest BCUT2D eigenvalue weighted by atomic mass is 9.99. The summed E-state index contributed by atoms with van der Waals surface area (Å²) in [6, 6.07) is 13.7. The van der Waals surface area contributed by atoms with Gasteiger partial charge in [-0.3, -0.25) is 4.79 Å². The third-order valence-electron chi connectivity index (χ3n) is 5.94. The van der Waals surface area contributed by atoms with E-state index >= 15 is 0 Å². The third kappa shape index (κ3) is 3.50. The summed E-state index contributed by atoms with van der Waals surface area (Å²) in [5, 5.41) is 41.9. The van der Waals surface area contributed by atoms with Crippen LogP contribution < -0.4 is 14.9 Å². The second kappa shape index (κ2) is 8.29. The van der Waals surface area contributed by atoms with Crippen LogP contribution in [-0.4, -0.2) is 64.8 Å². The van der Waals surface area contributed by atoms with Crippen molar-refractivity contribution in [3.8, 4) is 11.5 Å². The first-order valence-electron chi connectivity index (χ1n) is 10.4. The largest absolute Gasteiger partial charge is 0.497 e. The first-order chi connectivity index (χ1) is 15.9. The number of aliphatic hydroxyl groups is 4. The van der Waals surface area contributed by atoms with Gasteiger partial charge in [-0.1, -0.05) is 18.2 Å². The van der Waals surface area contributed by atoms with E-state index in [9.17, 15) is 25.2 Å². The normalized spacial score (nSPS) is 25.5. The van der Waals surface area contributed by atoms with Crippen LogP contribution in [0.4, 0.5) is 0 Å². The Labute approximate surface area is 187 Å². The van der Waals surface area contributed by atoms with Crippen LogP contribution in [0.5, 0.6) is 11.5 Å². The smallest absolute Gasteiger partial charge is 0.229 e. The lowest BCUT2D eigenvalue weighted by Gasteiger charge is -2.39. The Kier molecular flexibility index (Phi) is 5.43. The summed E-state index contributed by atoms with van der Waals surface area (Å²) in [5.74, 6) is 0.704. The molecule has 0 radical (unpaired) electrons. The van der Waals surface area contributed by atoms with Crippen LogP contribution in [0, 0.1) is 0 Å². The second-order valence-electron chi connectivity index (χ2n) is 7.90. The number of hydrogen-bond acceptors (Lipinski definition) is 9. The Morgan fingerprint density at radius 3 is 2.52 bits per heavy atom. The summed E-state index contributed by atoms with van der Waals surface area (Å²) in [7, 11) is 1.55. The van der Waals surface area contributed by atoms with Gasteiger partial charge in [0, 0.05) is 5.39 Å². The van der Waals surface area contributed by atoms with Crippen LogP contribution in [0.25, 0.3) is 32.7 Å². The predicted molar refractivity (Wildman–Crippen MR) is 118 cm³/mol. The van der Waals surface area contributed by atoms with Crippen LogP contribution in [0.2, 0.25) is 0 Å². The first-order valence-corrected chi connectivity index (χ1v) is 10.4. The van der Waals surface area contributed by atoms with E-state index in [4.69, 9.17) is 18.6 Å². The van der Waals surface area contributed by atoms with Crippen LogP contribution >= 0.6 is 0 Å². The van der Waals surface area contributed by atoms with Gasteiger partial charge in [0.2, 0.25) is 11.7 Å². The Bertz CT molecular complexity index is 1390. The molecule has 5 atom stereocenters. The molecule has 4 N–H and O–H groups in total. The van der Waals surface area contributed by atoms with E-state index in [1.54, 1.807) is 31.4 Å². The third-order valence-corrected chi connectivity index (χ3v) is 5.94. The summed E-state index contributed by atoms with van der Waals surface area (Å²) >= 11 is 0. The van der Waals surface area contributed by atoms with Crippen molar-refractivity contribution in [3.63, 3.8) is 0 Å². The van der Waals surface area contributed by atoms with Gasteiger partial charge in [0.15, 0.2) is 11.3 Å². The standard InChI is InChI=1S/C24H22O9/c1-30-12-7-5-11-6-8-15-18(14(11)9-12)19(26)13-3-2-4-16(23(13)31-15)32-24-22(29)21(28)20(27)17(10-25)33-24/h2-9,17,20-22,24-25,27-29H,10H2,1H3. The van der Waals surface area contributed by atoms with Crippen molar-refractivity contribution in [2.45, 2.75) is 30.7 Å². The molecule has 0 bridgehead atoms.